The normalized spacial score (nSPS) is 14.5. The van der Waals surface area contributed by atoms with Crippen LogP contribution < -0.4 is 0 Å². The van der Waals surface area contributed by atoms with Gasteiger partial charge in [-0.2, -0.15) is 0 Å². The van der Waals surface area contributed by atoms with Gasteiger partial charge in [-0.25, -0.2) is 4.79 Å². The summed E-state index contributed by atoms with van der Waals surface area (Å²) >= 11 is 0. The number of nitrogens with zero attached hydrogens (tertiary/aromatic N) is 1. The van der Waals surface area contributed by atoms with Crippen molar-refractivity contribution < 1.29 is 24.2 Å². The Kier molecular flexibility index (Phi) is 5.87. The lowest BCUT2D eigenvalue weighted by molar-refractivity contribution is 0.0250. The second-order valence-electron chi connectivity index (χ2n) is 5.61. The van der Waals surface area contributed by atoms with Gasteiger partial charge in [-0.3, -0.25) is 14.5 Å². The van der Waals surface area contributed by atoms with E-state index in [4.69, 9.17) is 4.74 Å². The predicted molar refractivity (Wildman–Crippen MR) is 87.8 cm³/mol. The van der Waals surface area contributed by atoms with Crippen molar-refractivity contribution in [1.82, 2.24) is 4.90 Å². The minimum atomic E-state index is -0.716. The van der Waals surface area contributed by atoms with E-state index < -0.39 is 18.0 Å². The molecule has 1 aliphatic heterocycles. The largest absolute Gasteiger partial charge is 0.459 e. The van der Waals surface area contributed by atoms with Crippen LogP contribution in [0.1, 0.15) is 57.3 Å². The number of unbranched alkanes of at least 4 members (excludes halogenated alkanes) is 1. The number of aliphatic hydroxyl groups is 1. The maximum Gasteiger partial charge on any atom is 0.338 e. The molecule has 1 heterocycles. The molecule has 0 fully saturated rings. The van der Waals surface area contributed by atoms with Crippen LogP contribution in [-0.4, -0.2) is 47.0 Å². The molecule has 0 aromatic heterocycles. The van der Waals surface area contributed by atoms with Crippen LogP contribution in [0.2, 0.25) is 0 Å². The number of esters is 1. The minimum absolute atomic E-state index is 0.104. The average Bonchev–Trinajstić information content (AvgIpc) is 2.83. The number of benzene rings is 1. The fraction of sp³-hybridized carbons (Fsp3) is 0.389. The third-order valence-corrected chi connectivity index (χ3v) is 3.87. The minimum Gasteiger partial charge on any atom is -0.459 e. The molecule has 0 aliphatic carbocycles. The zero-order chi connectivity index (χ0) is 17.7. The molecule has 2 rings (SSSR count). The van der Waals surface area contributed by atoms with E-state index >= 15 is 0 Å². The van der Waals surface area contributed by atoms with Crippen molar-refractivity contribution in [1.29, 1.82) is 0 Å². The van der Waals surface area contributed by atoms with Crippen LogP contribution in [0.3, 0.4) is 0 Å². The number of imide groups is 1. The summed E-state index contributed by atoms with van der Waals surface area (Å²) in [6, 6.07) is 4.30. The summed E-state index contributed by atoms with van der Waals surface area (Å²) in [6.45, 7) is 5.60. The van der Waals surface area contributed by atoms with Crippen LogP contribution in [0.15, 0.2) is 30.9 Å². The zero-order valence-corrected chi connectivity index (χ0v) is 13.7. The van der Waals surface area contributed by atoms with Crippen LogP contribution >= 0.6 is 0 Å². The third-order valence-electron chi connectivity index (χ3n) is 3.87. The molecule has 0 saturated heterocycles. The smallest absolute Gasteiger partial charge is 0.338 e. The summed E-state index contributed by atoms with van der Waals surface area (Å²) in [5.41, 5.74) is 0.694. The summed E-state index contributed by atoms with van der Waals surface area (Å²) in [5, 5.41) is 9.43. The highest BCUT2D eigenvalue weighted by atomic mass is 16.5. The van der Waals surface area contributed by atoms with Gasteiger partial charge < -0.3 is 9.84 Å². The van der Waals surface area contributed by atoms with E-state index in [-0.39, 0.29) is 23.6 Å². The van der Waals surface area contributed by atoms with Crippen molar-refractivity contribution in [2.45, 2.75) is 32.3 Å². The van der Waals surface area contributed by atoms with Gasteiger partial charge in [0.05, 0.1) is 22.8 Å². The van der Waals surface area contributed by atoms with Gasteiger partial charge in [0.15, 0.2) is 0 Å². The zero-order valence-electron chi connectivity index (χ0n) is 13.7. The summed E-state index contributed by atoms with van der Waals surface area (Å²) in [6.07, 6.45) is 2.86. The Morgan fingerprint density at radius 1 is 1.33 bits per heavy atom. The lowest BCUT2D eigenvalue weighted by Crippen LogP contribution is -2.30. The van der Waals surface area contributed by atoms with Gasteiger partial charge >= 0.3 is 5.97 Å². The number of amides is 2. The quantitative estimate of drug-likeness (QED) is 0.342. The van der Waals surface area contributed by atoms with E-state index in [2.05, 4.69) is 6.58 Å². The summed E-state index contributed by atoms with van der Waals surface area (Å²) in [4.78, 5) is 37.8. The first-order valence-electron chi connectivity index (χ1n) is 7.95. The molecular weight excluding hydrogens is 310 g/mol. The molecule has 1 unspecified atom stereocenters. The molecule has 128 valence electrons. The highest BCUT2D eigenvalue weighted by Crippen LogP contribution is 2.24. The van der Waals surface area contributed by atoms with Crippen molar-refractivity contribution in [2.75, 3.05) is 13.2 Å². The highest BCUT2D eigenvalue weighted by molar-refractivity contribution is 6.21. The van der Waals surface area contributed by atoms with Gasteiger partial charge in [0.1, 0.15) is 6.61 Å². The SMILES string of the molecule is C=CCCCN1C(=O)c2ccc(C(=O)OCC(O)CC)cc2C1=O. The first-order valence-corrected chi connectivity index (χ1v) is 7.95. The number of allylic oxidation sites excluding steroid dienone is 1. The van der Waals surface area contributed by atoms with Gasteiger partial charge in [0.25, 0.3) is 11.8 Å². The Labute approximate surface area is 140 Å². The van der Waals surface area contributed by atoms with Gasteiger partial charge in [-0.05, 0) is 37.5 Å². The van der Waals surface area contributed by atoms with Crippen molar-refractivity contribution in [3.05, 3.63) is 47.5 Å². The Bertz CT molecular complexity index is 667. The molecule has 24 heavy (non-hydrogen) atoms. The van der Waals surface area contributed by atoms with Crippen LogP contribution in [0.4, 0.5) is 0 Å². The molecule has 1 aliphatic rings. The standard InChI is InChI=1S/C18H21NO5/c1-3-5-6-9-19-16(21)14-8-7-12(10-15(14)17(19)22)18(23)24-11-13(20)4-2/h3,7-8,10,13,20H,1,4-6,9,11H2,2H3. The first-order chi connectivity index (χ1) is 11.5. The third kappa shape index (κ3) is 3.71. The van der Waals surface area contributed by atoms with E-state index in [1.54, 1.807) is 13.0 Å². The number of ether oxygens (including phenoxy) is 1. The molecule has 0 spiro atoms. The topological polar surface area (TPSA) is 83.9 Å². The summed E-state index contributed by atoms with van der Waals surface area (Å²) < 4.78 is 5.00. The van der Waals surface area contributed by atoms with Crippen molar-refractivity contribution in [2.24, 2.45) is 0 Å². The van der Waals surface area contributed by atoms with Gasteiger partial charge in [-0.15, -0.1) is 6.58 Å². The molecular formula is C18H21NO5. The maximum absolute atomic E-state index is 12.4. The van der Waals surface area contributed by atoms with E-state index in [1.807, 2.05) is 0 Å². The molecule has 0 saturated carbocycles. The number of carbonyl (C=O) groups is 3. The predicted octanol–water partition coefficient (Wildman–Crippen LogP) is 2.18. The van der Waals surface area contributed by atoms with Crippen molar-refractivity contribution >= 4 is 17.8 Å². The van der Waals surface area contributed by atoms with E-state index in [0.717, 1.165) is 0 Å². The molecule has 6 nitrogen and oxygen atoms in total. The molecule has 1 aromatic carbocycles. The molecule has 1 N–H and O–H groups in total. The van der Waals surface area contributed by atoms with Crippen LogP contribution in [0.25, 0.3) is 0 Å². The number of hydrogen-bond acceptors (Lipinski definition) is 5. The van der Waals surface area contributed by atoms with Crippen LogP contribution in [0.5, 0.6) is 0 Å². The molecule has 6 heteroatoms. The molecule has 1 aromatic rings. The van der Waals surface area contributed by atoms with Crippen LogP contribution in [0, 0.1) is 0 Å². The lowest BCUT2D eigenvalue weighted by Gasteiger charge is -2.12. The number of carbonyl (C=O) groups excluding carboxylic acids is 3. The summed E-state index contributed by atoms with van der Waals surface area (Å²) in [7, 11) is 0. The molecule has 2 amide bonds. The number of fused-ring (bicyclic) bond motifs is 1. The maximum atomic E-state index is 12.4. The monoisotopic (exact) mass is 331 g/mol. The van der Waals surface area contributed by atoms with E-state index in [0.29, 0.717) is 31.4 Å². The van der Waals surface area contributed by atoms with Crippen molar-refractivity contribution in [3.63, 3.8) is 0 Å². The summed E-state index contributed by atoms with van der Waals surface area (Å²) in [5.74, 6) is -1.38. The van der Waals surface area contributed by atoms with E-state index in [1.165, 1.54) is 23.1 Å². The lowest BCUT2D eigenvalue weighted by atomic mass is 10.1. The van der Waals surface area contributed by atoms with Gasteiger partial charge in [0, 0.05) is 6.54 Å². The number of rotatable bonds is 8. The Hall–Kier alpha value is -2.47. The second-order valence-corrected chi connectivity index (χ2v) is 5.61. The Morgan fingerprint density at radius 3 is 2.71 bits per heavy atom. The number of aliphatic hydroxyl groups excluding tert-OH is 1. The fourth-order valence-corrected chi connectivity index (χ4v) is 2.39. The average molecular weight is 331 g/mol. The van der Waals surface area contributed by atoms with Crippen LogP contribution in [-0.2, 0) is 4.74 Å². The van der Waals surface area contributed by atoms with E-state index in [9.17, 15) is 19.5 Å². The fourth-order valence-electron chi connectivity index (χ4n) is 2.39. The molecule has 0 bridgehead atoms. The Balaban J connectivity index is 2.12. The van der Waals surface area contributed by atoms with Crippen molar-refractivity contribution in [3.8, 4) is 0 Å². The molecule has 0 radical (unpaired) electrons. The highest BCUT2D eigenvalue weighted by Gasteiger charge is 2.35. The second kappa shape index (κ2) is 7.88. The number of hydrogen-bond donors (Lipinski definition) is 1. The van der Waals surface area contributed by atoms with Gasteiger partial charge in [0.2, 0.25) is 0 Å². The Morgan fingerprint density at radius 2 is 2.04 bits per heavy atom. The first kappa shape index (κ1) is 17.9. The van der Waals surface area contributed by atoms with Gasteiger partial charge in [-0.1, -0.05) is 13.0 Å². The molecule has 1 atom stereocenters.